The summed E-state index contributed by atoms with van der Waals surface area (Å²) in [5, 5.41) is 1.09. The van der Waals surface area contributed by atoms with Crippen LogP contribution in [0.3, 0.4) is 0 Å². The second-order valence-corrected chi connectivity index (χ2v) is 16.8. The Morgan fingerprint density at radius 2 is 1.17 bits per heavy atom. The monoisotopic (exact) mass is 474 g/mol. The average Bonchev–Trinajstić information content (AvgIpc) is 3.29. The zero-order valence-corrected chi connectivity index (χ0v) is 19.2. The normalized spacial score (nSPS) is 14.4. The molecule has 30 heavy (non-hydrogen) atoms. The van der Waals surface area contributed by atoms with Crippen molar-refractivity contribution in [2.75, 3.05) is 6.61 Å². The molecule has 0 amide bonds. The Morgan fingerprint density at radius 1 is 0.667 bits per heavy atom. The molecule has 150 valence electrons. The first-order valence-electron chi connectivity index (χ1n) is 10.3. The number of hydrogen-bond donors (Lipinski definition) is 0. The molecule has 0 atom stereocenters. The molecule has 1 nitrogen and oxygen atoms in total. The molecule has 0 fully saturated rings. The second kappa shape index (κ2) is 7.69. The van der Waals surface area contributed by atoms with Crippen molar-refractivity contribution in [2.24, 2.45) is 0 Å². The fourth-order valence-electron chi connectivity index (χ4n) is 4.62. The summed E-state index contributed by atoms with van der Waals surface area (Å²) in [7, 11) is 0. The summed E-state index contributed by atoms with van der Waals surface area (Å²) in [6.07, 6.45) is 1.90. The molecule has 3 heteroatoms. The predicted molar refractivity (Wildman–Crippen MR) is 133 cm³/mol. The molecule has 0 aromatic heterocycles. The van der Waals surface area contributed by atoms with Gasteiger partial charge >= 0.3 is 187 Å². The van der Waals surface area contributed by atoms with Crippen LogP contribution in [0.1, 0.15) is 11.1 Å². The molecule has 0 N–H and O–H groups in total. The number of fused-ring (bicyclic) bond motifs is 1. The van der Waals surface area contributed by atoms with Crippen molar-refractivity contribution in [1.29, 1.82) is 0 Å². The minimum absolute atomic E-state index is 0.784. The van der Waals surface area contributed by atoms with Gasteiger partial charge in [0.25, 0.3) is 0 Å². The Morgan fingerprint density at radius 3 is 1.67 bits per heavy atom. The molecule has 0 spiro atoms. The van der Waals surface area contributed by atoms with E-state index < -0.39 is 5.31 Å². The minimum atomic E-state index is -2.94. The van der Waals surface area contributed by atoms with Gasteiger partial charge in [-0.3, -0.25) is 0 Å². The van der Waals surface area contributed by atoms with E-state index in [9.17, 15) is 0 Å². The van der Waals surface area contributed by atoms with E-state index >= 15 is 0 Å². The van der Waals surface area contributed by atoms with Crippen LogP contribution in [0.2, 0.25) is 0 Å². The third-order valence-corrected chi connectivity index (χ3v) is 15.6. The van der Waals surface area contributed by atoms with Gasteiger partial charge in [-0.1, -0.05) is 0 Å². The van der Waals surface area contributed by atoms with Gasteiger partial charge in [0, 0.05) is 0 Å². The van der Waals surface area contributed by atoms with E-state index in [0.29, 0.717) is 0 Å². The molecule has 0 aliphatic carbocycles. The van der Waals surface area contributed by atoms with Crippen molar-refractivity contribution in [2.45, 2.75) is 12.6 Å². The average molecular weight is 475 g/mol. The van der Waals surface area contributed by atoms with Crippen molar-refractivity contribution in [3.05, 3.63) is 120 Å². The Kier molecular flexibility index (Phi) is 5.01. The summed E-state index contributed by atoms with van der Waals surface area (Å²) in [4.78, 5) is 0. The van der Waals surface area contributed by atoms with E-state index in [0.717, 1.165) is 24.9 Å². The number of hydrogen-bond acceptors (Lipinski definition) is 1. The summed E-state index contributed by atoms with van der Waals surface area (Å²) < 4.78 is 5.76. The van der Waals surface area contributed by atoms with Crippen LogP contribution in [0.15, 0.2) is 109 Å². The van der Waals surface area contributed by atoms with Crippen LogP contribution >= 0.6 is 20.8 Å². The fourth-order valence-corrected chi connectivity index (χ4v) is 12.3. The van der Waals surface area contributed by atoms with Crippen LogP contribution in [0.5, 0.6) is 5.75 Å². The molecule has 1 aliphatic heterocycles. The van der Waals surface area contributed by atoms with Crippen LogP contribution in [-0.4, -0.2) is 6.61 Å². The van der Waals surface area contributed by atoms with Crippen molar-refractivity contribution in [3.8, 4) is 5.75 Å². The third-order valence-electron chi connectivity index (χ3n) is 6.12. The van der Waals surface area contributed by atoms with E-state index in [1.54, 1.807) is 0 Å². The predicted octanol–water partition coefficient (Wildman–Crippen LogP) is 5.96. The zero-order valence-electron chi connectivity index (χ0n) is 16.7. The van der Waals surface area contributed by atoms with Crippen LogP contribution < -0.4 is 20.7 Å². The maximum absolute atomic E-state index is 5.76. The van der Waals surface area contributed by atoms with Gasteiger partial charge in [0.1, 0.15) is 0 Å². The van der Waals surface area contributed by atoms with Gasteiger partial charge in [0.05, 0.1) is 0 Å². The quantitative estimate of drug-likeness (QED) is 0.324. The summed E-state index contributed by atoms with van der Waals surface area (Å²) in [5.41, 5.74) is 2.66. The third kappa shape index (κ3) is 3.11. The molecule has 1 aliphatic rings. The number of halogens is 1. The molecule has 4 aromatic rings. The molecular weight excluding hydrogens is 451 g/mol. The van der Waals surface area contributed by atoms with Crippen LogP contribution in [0.25, 0.3) is 0 Å². The molecule has 0 saturated carbocycles. The molecular formula is C27H24BrOP. The molecule has 1 heterocycles. The van der Waals surface area contributed by atoms with Crippen LogP contribution in [0, 0.1) is 0 Å². The van der Waals surface area contributed by atoms with E-state index in [-0.39, 0.29) is 0 Å². The number of rotatable bonds is 5. The first kappa shape index (κ1) is 19.5. The first-order valence-corrected chi connectivity index (χ1v) is 14.8. The number of ether oxygens (including phenoxy) is 1. The van der Waals surface area contributed by atoms with E-state index in [4.69, 9.17) is 4.74 Å². The summed E-state index contributed by atoms with van der Waals surface area (Å²) >= 11 is 4.53. The molecule has 0 radical (unpaired) electrons. The number of benzene rings is 4. The Hall–Kier alpha value is -2.41. The molecule has 5 rings (SSSR count). The summed E-state index contributed by atoms with van der Waals surface area (Å²) in [6.45, 7) is 0.784. The Bertz CT molecular complexity index is 1060. The van der Waals surface area contributed by atoms with Crippen molar-refractivity contribution < 1.29 is 4.74 Å². The molecule has 0 unspecified atom stereocenters. The van der Waals surface area contributed by atoms with Gasteiger partial charge in [0.2, 0.25) is 0 Å². The van der Waals surface area contributed by atoms with Gasteiger partial charge in [-0.25, -0.2) is 0 Å². The SMILES string of the molecule is BrP(Cc1ccc2c(c1)CCO2)(c1ccccc1)(c1ccccc1)c1ccccc1. The van der Waals surface area contributed by atoms with E-state index in [2.05, 4.69) is 125 Å². The van der Waals surface area contributed by atoms with Crippen molar-refractivity contribution in [3.63, 3.8) is 0 Å². The van der Waals surface area contributed by atoms with Gasteiger partial charge in [-0.15, -0.1) is 0 Å². The van der Waals surface area contributed by atoms with Crippen LogP contribution in [0.4, 0.5) is 0 Å². The molecule has 4 aromatic carbocycles. The standard InChI is InChI=1S/C27H24BrOP/c28-30(24-10-4-1-5-11-24,25-12-6-2-7-13-25,26-14-8-3-9-15-26)21-22-16-17-27-23(20-22)18-19-29-27/h1-17,20H,18-19,21H2. The van der Waals surface area contributed by atoms with E-state index in [1.165, 1.54) is 27.0 Å². The van der Waals surface area contributed by atoms with Crippen molar-refractivity contribution in [1.82, 2.24) is 0 Å². The summed E-state index contributed by atoms with van der Waals surface area (Å²) in [6, 6.07) is 39.6. The van der Waals surface area contributed by atoms with Gasteiger partial charge in [-0.2, -0.15) is 0 Å². The van der Waals surface area contributed by atoms with Gasteiger partial charge < -0.3 is 0 Å². The van der Waals surface area contributed by atoms with Crippen molar-refractivity contribution >= 4 is 36.7 Å². The topological polar surface area (TPSA) is 9.23 Å². The van der Waals surface area contributed by atoms with Gasteiger partial charge in [-0.05, 0) is 0 Å². The van der Waals surface area contributed by atoms with Gasteiger partial charge in [0.15, 0.2) is 0 Å². The Balaban J connectivity index is 1.81. The Labute approximate surface area is 186 Å². The van der Waals surface area contributed by atoms with Crippen LogP contribution in [-0.2, 0) is 12.6 Å². The van der Waals surface area contributed by atoms with E-state index in [1.807, 2.05) is 0 Å². The first-order chi connectivity index (χ1) is 14.7. The molecule has 0 saturated heterocycles. The second-order valence-electron chi connectivity index (χ2n) is 7.89. The molecule has 0 bridgehead atoms. The summed E-state index contributed by atoms with van der Waals surface area (Å²) in [5.74, 6) is 1.03. The zero-order chi connectivity index (χ0) is 20.5. The fraction of sp³-hybridized carbons (Fsp3) is 0.111. The maximum atomic E-state index is 5.76.